The van der Waals surface area contributed by atoms with E-state index < -0.39 is 0 Å². The summed E-state index contributed by atoms with van der Waals surface area (Å²) in [5.74, 6) is 1.82. The van der Waals surface area contributed by atoms with Gasteiger partial charge >= 0.3 is 0 Å². The number of anilines is 3. The molecule has 3 heterocycles. The third-order valence-corrected chi connectivity index (χ3v) is 4.70. The lowest BCUT2D eigenvalue weighted by Gasteiger charge is -2.34. The highest BCUT2D eigenvalue weighted by molar-refractivity contribution is 5.91. The van der Waals surface area contributed by atoms with Crippen molar-refractivity contribution in [2.45, 2.75) is 0 Å². The fourth-order valence-corrected chi connectivity index (χ4v) is 3.13. The molecule has 0 unspecified atom stereocenters. The Morgan fingerprint density at radius 3 is 2.52 bits per heavy atom. The number of hydrogen-bond donors (Lipinski definition) is 0. The van der Waals surface area contributed by atoms with Crippen LogP contribution in [0, 0.1) is 0 Å². The maximum absolute atomic E-state index is 12.4. The molecule has 7 nitrogen and oxygen atoms in total. The van der Waals surface area contributed by atoms with Crippen LogP contribution < -0.4 is 9.80 Å². The molecule has 0 bridgehead atoms. The predicted molar refractivity (Wildman–Crippen MR) is 103 cm³/mol. The van der Waals surface area contributed by atoms with Gasteiger partial charge in [-0.15, -0.1) is 0 Å². The second-order valence-electron chi connectivity index (χ2n) is 6.37. The number of carbonyl (C=O) groups is 1. The Labute approximate surface area is 157 Å². The minimum atomic E-state index is -0.0712. The van der Waals surface area contributed by atoms with E-state index in [1.54, 1.807) is 23.2 Å². The fourth-order valence-electron chi connectivity index (χ4n) is 3.13. The van der Waals surface area contributed by atoms with Gasteiger partial charge in [0, 0.05) is 45.1 Å². The highest BCUT2D eigenvalue weighted by Crippen LogP contribution is 2.23. The molecular formula is C20H21N5O2. The number of para-hydroxylation sites is 1. The molecule has 7 heteroatoms. The summed E-state index contributed by atoms with van der Waals surface area (Å²) in [6.45, 7) is 2.60. The smallest absolute Gasteiger partial charge is 0.289 e. The van der Waals surface area contributed by atoms with Gasteiger partial charge in [-0.05, 0) is 30.3 Å². The molecule has 0 spiro atoms. The van der Waals surface area contributed by atoms with Crippen molar-refractivity contribution < 1.29 is 9.21 Å². The maximum Gasteiger partial charge on any atom is 0.289 e. The van der Waals surface area contributed by atoms with Crippen LogP contribution in [0.25, 0.3) is 0 Å². The summed E-state index contributed by atoms with van der Waals surface area (Å²) in [6, 6.07) is 15.4. The Kier molecular flexibility index (Phi) is 4.74. The third kappa shape index (κ3) is 3.62. The first kappa shape index (κ1) is 17.1. The quantitative estimate of drug-likeness (QED) is 0.710. The number of nitrogens with zero attached hydrogens (tertiary/aromatic N) is 5. The van der Waals surface area contributed by atoms with Crippen molar-refractivity contribution >= 4 is 23.4 Å². The van der Waals surface area contributed by atoms with Crippen LogP contribution in [0.1, 0.15) is 10.6 Å². The number of furan rings is 1. The molecule has 3 aromatic rings. The topological polar surface area (TPSA) is 65.7 Å². The number of rotatable bonds is 4. The number of benzene rings is 1. The minimum absolute atomic E-state index is 0.0712. The molecule has 2 aromatic heterocycles. The first-order valence-corrected chi connectivity index (χ1v) is 8.92. The lowest BCUT2D eigenvalue weighted by atomic mass is 10.3. The van der Waals surface area contributed by atoms with Gasteiger partial charge in [0.25, 0.3) is 5.91 Å². The first-order chi connectivity index (χ1) is 13.2. The van der Waals surface area contributed by atoms with Crippen molar-refractivity contribution in [3.05, 3.63) is 66.8 Å². The average Bonchev–Trinajstić information content (AvgIpc) is 3.28. The zero-order valence-electron chi connectivity index (χ0n) is 15.2. The van der Waals surface area contributed by atoms with E-state index in [1.165, 1.54) is 6.26 Å². The molecule has 1 fully saturated rings. The van der Waals surface area contributed by atoms with Crippen LogP contribution in [-0.2, 0) is 0 Å². The maximum atomic E-state index is 12.4. The number of aromatic nitrogens is 2. The zero-order valence-corrected chi connectivity index (χ0v) is 15.2. The summed E-state index contributed by atoms with van der Waals surface area (Å²) >= 11 is 0. The van der Waals surface area contributed by atoms with Crippen LogP contribution >= 0.6 is 0 Å². The van der Waals surface area contributed by atoms with Crippen LogP contribution in [0.4, 0.5) is 17.5 Å². The first-order valence-electron chi connectivity index (χ1n) is 8.92. The van der Waals surface area contributed by atoms with Crippen molar-refractivity contribution in [2.75, 3.05) is 43.0 Å². The van der Waals surface area contributed by atoms with E-state index in [9.17, 15) is 4.79 Å². The SMILES string of the molecule is CN(c1ccccc1)c1ccnc(N2CCN(C(=O)c3ccco3)CC2)n1. The summed E-state index contributed by atoms with van der Waals surface area (Å²) in [7, 11) is 1.99. The predicted octanol–water partition coefficient (Wildman–Crippen LogP) is 2.80. The van der Waals surface area contributed by atoms with Crippen molar-refractivity contribution in [3.63, 3.8) is 0 Å². The molecule has 27 heavy (non-hydrogen) atoms. The summed E-state index contributed by atoms with van der Waals surface area (Å²) < 4.78 is 5.21. The van der Waals surface area contributed by atoms with E-state index in [4.69, 9.17) is 9.40 Å². The fraction of sp³-hybridized carbons (Fsp3) is 0.250. The molecule has 0 radical (unpaired) electrons. The van der Waals surface area contributed by atoms with Crippen molar-refractivity contribution in [1.82, 2.24) is 14.9 Å². The van der Waals surface area contributed by atoms with E-state index in [2.05, 4.69) is 9.88 Å². The van der Waals surface area contributed by atoms with Crippen LogP contribution in [0.15, 0.2) is 65.4 Å². The van der Waals surface area contributed by atoms with Crippen molar-refractivity contribution in [1.29, 1.82) is 0 Å². The van der Waals surface area contributed by atoms with Gasteiger partial charge in [-0.3, -0.25) is 4.79 Å². The van der Waals surface area contributed by atoms with Crippen LogP contribution in [0.3, 0.4) is 0 Å². The minimum Gasteiger partial charge on any atom is -0.459 e. The van der Waals surface area contributed by atoms with Gasteiger partial charge in [-0.1, -0.05) is 18.2 Å². The van der Waals surface area contributed by atoms with Gasteiger partial charge in [0.15, 0.2) is 5.76 Å². The van der Waals surface area contributed by atoms with Gasteiger partial charge in [-0.2, -0.15) is 4.98 Å². The molecule has 0 saturated carbocycles. The molecule has 0 atom stereocenters. The summed E-state index contributed by atoms with van der Waals surface area (Å²) in [6.07, 6.45) is 3.30. The summed E-state index contributed by atoms with van der Waals surface area (Å²) in [5, 5.41) is 0. The lowest BCUT2D eigenvalue weighted by molar-refractivity contribution is 0.0714. The van der Waals surface area contributed by atoms with Crippen LogP contribution in [-0.4, -0.2) is 54.0 Å². The molecule has 1 aliphatic heterocycles. The summed E-state index contributed by atoms with van der Waals surface area (Å²) in [5.41, 5.74) is 1.07. The lowest BCUT2D eigenvalue weighted by Crippen LogP contribution is -2.49. The average molecular weight is 363 g/mol. The zero-order chi connectivity index (χ0) is 18.6. The van der Waals surface area contributed by atoms with Crippen LogP contribution in [0.2, 0.25) is 0 Å². The van der Waals surface area contributed by atoms with Gasteiger partial charge in [0.05, 0.1) is 6.26 Å². The van der Waals surface area contributed by atoms with Gasteiger partial charge in [0.1, 0.15) is 5.82 Å². The van der Waals surface area contributed by atoms with Crippen molar-refractivity contribution in [3.8, 4) is 0 Å². The number of piperazine rings is 1. The Hall–Kier alpha value is -3.35. The Morgan fingerprint density at radius 1 is 1.04 bits per heavy atom. The molecule has 138 valence electrons. The molecule has 1 amide bonds. The standard InChI is InChI=1S/C20H21N5O2/c1-23(16-6-3-2-4-7-16)18-9-10-21-20(22-18)25-13-11-24(12-14-25)19(26)17-8-5-15-27-17/h2-10,15H,11-14H2,1H3. The number of carbonyl (C=O) groups excluding carboxylic acids is 1. The third-order valence-electron chi connectivity index (χ3n) is 4.70. The van der Waals surface area contributed by atoms with Gasteiger partial charge in [-0.25, -0.2) is 4.98 Å². The second kappa shape index (κ2) is 7.49. The highest BCUT2D eigenvalue weighted by atomic mass is 16.3. The summed E-state index contributed by atoms with van der Waals surface area (Å²) in [4.78, 5) is 27.5. The van der Waals surface area contributed by atoms with E-state index >= 15 is 0 Å². The number of amides is 1. The highest BCUT2D eigenvalue weighted by Gasteiger charge is 2.25. The van der Waals surface area contributed by atoms with E-state index in [-0.39, 0.29) is 5.91 Å². The molecule has 0 aliphatic carbocycles. The van der Waals surface area contributed by atoms with E-state index in [0.29, 0.717) is 37.9 Å². The Balaban J connectivity index is 1.44. The molecule has 1 saturated heterocycles. The molecule has 1 aromatic carbocycles. The molecule has 0 N–H and O–H groups in total. The monoisotopic (exact) mass is 363 g/mol. The van der Waals surface area contributed by atoms with Crippen molar-refractivity contribution in [2.24, 2.45) is 0 Å². The Morgan fingerprint density at radius 2 is 1.81 bits per heavy atom. The van der Waals surface area contributed by atoms with Gasteiger partial charge < -0.3 is 19.1 Å². The number of hydrogen-bond acceptors (Lipinski definition) is 6. The second-order valence-corrected chi connectivity index (χ2v) is 6.37. The van der Waals surface area contributed by atoms with Crippen LogP contribution in [0.5, 0.6) is 0 Å². The molecule has 1 aliphatic rings. The Bertz CT molecular complexity index is 890. The van der Waals surface area contributed by atoms with Gasteiger partial charge in [0.2, 0.25) is 5.95 Å². The van der Waals surface area contributed by atoms with E-state index in [1.807, 2.05) is 48.3 Å². The molecular weight excluding hydrogens is 342 g/mol. The largest absolute Gasteiger partial charge is 0.459 e. The van der Waals surface area contributed by atoms with E-state index in [0.717, 1.165) is 11.5 Å². The normalized spacial score (nSPS) is 14.3. The molecule has 4 rings (SSSR count).